The number of hydrogen-bond acceptors (Lipinski definition) is 3. The molecule has 4 rings (SSSR count). The van der Waals surface area contributed by atoms with Crippen LogP contribution >= 0.6 is 0 Å². The number of nitrogens with zero attached hydrogens (tertiary/aromatic N) is 2. The molecule has 1 saturated heterocycles. The zero-order valence-corrected chi connectivity index (χ0v) is 18.1. The molecule has 5 nitrogen and oxygen atoms in total. The van der Waals surface area contributed by atoms with Crippen molar-refractivity contribution in [1.82, 2.24) is 4.90 Å². The number of nitrogens with one attached hydrogen (secondary N) is 1. The summed E-state index contributed by atoms with van der Waals surface area (Å²) in [5.74, 6) is 0.348. The predicted molar refractivity (Wildman–Crippen MR) is 121 cm³/mol. The average molecular weight is 406 g/mol. The molecule has 0 spiro atoms. The first kappa shape index (κ1) is 20.5. The first-order valence-electron chi connectivity index (χ1n) is 11.1. The van der Waals surface area contributed by atoms with Crippen LogP contribution in [0.2, 0.25) is 0 Å². The fraction of sp³-hybridized carbons (Fsp3) is 0.440. The molecule has 2 aliphatic rings. The second kappa shape index (κ2) is 8.50. The number of hydrogen-bond donors (Lipinski definition) is 1. The zero-order chi connectivity index (χ0) is 21.3. The number of fused-ring (bicyclic) bond motifs is 2. The van der Waals surface area contributed by atoms with Crippen LogP contribution < -0.4 is 10.2 Å². The van der Waals surface area contributed by atoms with Gasteiger partial charge in [-0.15, -0.1) is 0 Å². The van der Waals surface area contributed by atoms with Crippen molar-refractivity contribution in [2.24, 2.45) is 0 Å². The largest absolute Gasteiger partial charge is 0.351 e. The number of carbonyl (C=O) groups is 2. The van der Waals surface area contributed by atoms with E-state index in [2.05, 4.69) is 37.1 Å². The average Bonchev–Trinajstić information content (AvgIpc) is 3.00. The van der Waals surface area contributed by atoms with Gasteiger partial charge in [0.15, 0.2) is 0 Å². The molecule has 2 aliphatic heterocycles. The molecule has 1 N–H and O–H groups in total. The van der Waals surface area contributed by atoms with Crippen molar-refractivity contribution in [3.63, 3.8) is 0 Å². The molecule has 2 aromatic carbocycles. The van der Waals surface area contributed by atoms with Crippen LogP contribution in [0, 0.1) is 0 Å². The molecule has 0 bridgehead atoms. The highest BCUT2D eigenvalue weighted by Crippen LogP contribution is 2.35. The van der Waals surface area contributed by atoms with E-state index >= 15 is 0 Å². The van der Waals surface area contributed by atoms with Crippen molar-refractivity contribution in [2.45, 2.75) is 58.5 Å². The number of anilines is 2. The van der Waals surface area contributed by atoms with Crippen LogP contribution in [-0.2, 0) is 0 Å². The minimum Gasteiger partial charge on any atom is -0.351 e. The second-order valence-electron chi connectivity index (χ2n) is 8.58. The van der Waals surface area contributed by atoms with Gasteiger partial charge in [-0.05, 0) is 68.0 Å². The maximum Gasteiger partial charge on any atom is 0.257 e. The van der Waals surface area contributed by atoms with Gasteiger partial charge in [0.1, 0.15) is 6.17 Å². The minimum absolute atomic E-state index is 0.0955. The molecule has 0 radical (unpaired) electrons. The summed E-state index contributed by atoms with van der Waals surface area (Å²) in [5, 5.41) is 3.02. The van der Waals surface area contributed by atoms with Crippen molar-refractivity contribution in [3.8, 4) is 0 Å². The summed E-state index contributed by atoms with van der Waals surface area (Å²) in [4.78, 5) is 30.4. The summed E-state index contributed by atoms with van der Waals surface area (Å²) in [6, 6.07) is 13.4. The summed E-state index contributed by atoms with van der Waals surface area (Å²) in [6.45, 7) is 8.01. The summed E-state index contributed by atoms with van der Waals surface area (Å²) >= 11 is 0. The Balaban J connectivity index is 1.63. The number of benzene rings is 2. The van der Waals surface area contributed by atoms with Gasteiger partial charge in [-0.25, -0.2) is 0 Å². The molecule has 1 fully saturated rings. The van der Waals surface area contributed by atoms with Gasteiger partial charge in [0.2, 0.25) is 0 Å². The maximum atomic E-state index is 13.1. The van der Waals surface area contributed by atoms with E-state index in [1.807, 2.05) is 35.2 Å². The normalized spacial score (nSPS) is 18.7. The Morgan fingerprint density at radius 2 is 1.97 bits per heavy atom. The fourth-order valence-electron chi connectivity index (χ4n) is 4.62. The molecular weight excluding hydrogens is 374 g/mol. The van der Waals surface area contributed by atoms with Crippen LogP contribution in [0.25, 0.3) is 0 Å². The highest BCUT2D eigenvalue weighted by molar-refractivity contribution is 6.08. The van der Waals surface area contributed by atoms with Crippen LogP contribution in [0.5, 0.6) is 0 Å². The summed E-state index contributed by atoms with van der Waals surface area (Å²) in [6.07, 6.45) is 4.44. The minimum atomic E-state index is -0.148. The zero-order valence-electron chi connectivity index (χ0n) is 18.1. The number of rotatable bonds is 4. The van der Waals surface area contributed by atoms with E-state index in [4.69, 9.17) is 0 Å². The lowest BCUT2D eigenvalue weighted by molar-refractivity contribution is 0.0656. The third kappa shape index (κ3) is 3.81. The Morgan fingerprint density at radius 3 is 2.73 bits per heavy atom. The molecule has 2 heterocycles. The van der Waals surface area contributed by atoms with Gasteiger partial charge < -0.3 is 15.1 Å². The van der Waals surface area contributed by atoms with Gasteiger partial charge in [0.25, 0.3) is 11.8 Å². The summed E-state index contributed by atoms with van der Waals surface area (Å²) < 4.78 is 0. The Hall–Kier alpha value is -2.82. The van der Waals surface area contributed by atoms with E-state index in [1.165, 1.54) is 5.56 Å². The Labute approximate surface area is 179 Å². The Morgan fingerprint density at radius 1 is 1.13 bits per heavy atom. The first-order chi connectivity index (χ1) is 14.5. The molecule has 30 heavy (non-hydrogen) atoms. The highest BCUT2D eigenvalue weighted by Gasteiger charge is 2.37. The smallest absolute Gasteiger partial charge is 0.257 e. The molecule has 158 valence electrons. The van der Waals surface area contributed by atoms with Crippen molar-refractivity contribution in [1.29, 1.82) is 0 Å². The van der Waals surface area contributed by atoms with E-state index in [0.29, 0.717) is 17.0 Å². The maximum absolute atomic E-state index is 13.1. The quantitative estimate of drug-likeness (QED) is 0.756. The lowest BCUT2D eigenvalue weighted by Gasteiger charge is -2.44. The highest BCUT2D eigenvalue weighted by atomic mass is 16.2. The summed E-state index contributed by atoms with van der Waals surface area (Å²) in [5.41, 5.74) is 4.15. The van der Waals surface area contributed by atoms with Crippen LogP contribution in [0.4, 0.5) is 11.4 Å². The fourth-order valence-corrected chi connectivity index (χ4v) is 4.62. The molecular formula is C25H31N3O2. The van der Waals surface area contributed by atoms with Gasteiger partial charge in [-0.3, -0.25) is 9.59 Å². The number of carbonyl (C=O) groups excluding carboxylic acids is 2. The SMILES string of the molecule is CCN1c2cc(C(=O)Nc3cccc(C(C)C)c3)ccc2C(=O)N2CCCCC[C@H]21. The molecule has 0 unspecified atom stereocenters. The summed E-state index contributed by atoms with van der Waals surface area (Å²) in [7, 11) is 0. The Bertz CT molecular complexity index is 953. The molecule has 5 heteroatoms. The van der Waals surface area contributed by atoms with E-state index < -0.39 is 0 Å². The Kier molecular flexibility index (Phi) is 5.80. The van der Waals surface area contributed by atoms with Crippen LogP contribution in [0.1, 0.15) is 78.7 Å². The lowest BCUT2D eigenvalue weighted by atomic mass is 10.0. The third-order valence-electron chi connectivity index (χ3n) is 6.29. The van der Waals surface area contributed by atoms with Crippen molar-refractivity contribution >= 4 is 23.2 Å². The van der Waals surface area contributed by atoms with E-state index in [1.54, 1.807) is 6.07 Å². The third-order valence-corrected chi connectivity index (χ3v) is 6.29. The van der Waals surface area contributed by atoms with Gasteiger partial charge in [-0.1, -0.05) is 32.4 Å². The monoisotopic (exact) mass is 405 g/mol. The molecule has 1 atom stereocenters. The van der Waals surface area contributed by atoms with Crippen LogP contribution in [0.3, 0.4) is 0 Å². The van der Waals surface area contributed by atoms with Crippen LogP contribution in [-0.4, -0.2) is 36.0 Å². The molecule has 0 saturated carbocycles. The van der Waals surface area contributed by atoms with E-state index in [-0.39, 0.29) is 18.0 Å². The van der Waals surface area contributed by atoms with Gasteiger partial charge in [0, 0.05) is 24.3 Å². The topological polar surface area (TPSA) is 52.7 Å². The molecule has 2 aromatic rings. The molecule has 2 amide bonds. The van der Waals surface area contributed by atoms with Crippen molar-refractivity contribution < 1.29 is 9.59 Å². The van der Waals surface area contributed by atoms with Crippen molar-refractivity contribution in [3.05, 3.63) is 59.2 Å². The van der Waals surface area contributed by atoms with Crippen molar-refractivity contribution in [2.75, 3.05) is 23.3 Å². The van der Waals surface area contributed by atoms with Gasteiger partial charge in [-0.2, -0.15) is 0 Å². The lowest BCUT2D eigenvalue weighted by Crippen LogP contribution is -2.55. The predicted octanol–water partition coefficient (Wildman–Crippen LogP) is 5.24. The number of amides is 2. The van der Waals surface area contributed by atoms with Crippen LogP contribution in [0.15, 0.2) is 42.5 Å². The first-order valence-corrected chi connectivity index (χ1v) is 11.1. The molecule has 0 aromatic heterocycles. The van der Waals surface area contributed by atoms with E-state index in [9.17, 15) is 9.59 Å². The van der Waals surface area contributed by atoms with E-state index in [0.717, 1.165) is 50.1 Å². The second-order valence-corrected chi connectivity index (χ2v) is 8.58. The molecule has 0 aliphatic carbocycles. The standard InChI is InChI=1S/C25H31N3O2/c1-4-27-22-16-19(24(29)26-20-10-8-9-18(15-20)17(2)3)12-13-21(22)25(30)28-14-7-5-6-11-23(27)28/h8-10,12-13,15-17,23H,4-7,11,14H2,1-3H3,(H,26,29)/t23-/m0/s1. The van der Waals surface area contributed by atoms with Gasteiger partial charge in [0.05, 0.1) is 11.3 Å². The van der Waals surface area contributed by atoms with Gasteiger partial charge >= 0.3 is 0 Å².